The Hall–Kier alpha value is -4.07. The minimum atomic E-state index is -0.825. The molecule has 1 N–H and O–H groups in total. The molecule has 36 heavy (non-hydrogen) atoms. The number of carbonyl (C=O) groups is 2. The lowest BCUT2D eigenvalue weighted by Gasteiger charge is -2.30. The number of nitrogens with zero attached hydrogens (tertiary/aromatic N) is 1. The van der Waals surface area contributed by atoms with Crippen molar-refractivity contribution in [1.82, 2.24) is 10.5 Å². The summed E-state index contributed by atoms with van der Waals surface area (Å²) in [5.74, 6) is -0.823. The van der Waals surface area contributed by atoms with Gasteiger partial charge in [-0.3, -0.25) is 0 Å². The highest BCUT2D eigenvalue weighted by atomic mass is 16.5. The molecule has 4 rings (SSSR count). The summed E-state index contributed by atoms with van der Waals surface area (Å²) in [6, 6.07) is 11.7. The number of dihydropyridines is 1. The number of esters is 2. The first-order valence-electron chi connectivity index (χ1n) is 11.9. The first-order chi connectivity index (χ1) is 17.3. The topological polar surface area (TPSA) is 99.9 Å². The van der Waals surface area contributed by atoms with Crippen molar-refractivity contribution in [2.45, 2.75) is 40.5 Å². The van der Waals surface area contributed by atoms with Gasteiger partial charge in [-0.25, -0.2) is 9.59 Å². The molecule has 8 nitrogen and oxygen atoms in total. The number of fused-ring (bicyclic) bond motifs is 1. The number of hydrogen-bond donors (Lipinski definition) is 1. The van der Waals surface area contributed by atoms with Crippen molar-refractivity contribution < 1.29 is 28.3 Å². The highest BCUT2D eigenvalue weighted by molar-refractivity contribution is 6.03. The van der Waals surface area contributed by atoms with Crippen molar-refractivity contribution in [3.8, 4) is 17.0 Å². The molecule has 1 aromatic heterocycles. The number of aryl methyl sites for hydroxylation is 1. The van der Waals surface area contributed by atoms with Gasteiger partial charge in [0.05, 0.1) is 43.0 Å². The van der Waals surface area contributed by atoms with Gasteiger partial charge in [0.2, 0.25) is 0 Å². The number of benzene rings is 2. The largest absolute Gasteiger partial charge is 0.496 e. The zero-order chi connectivity index (χ0) is 26.0. The van der Waals surface area contributed by atoms with E-state index < -0.39 is 17.9 Å². The Kier molecular flexibility index (Phi) is 7.15. The van der Waals surface area contributed by atoms with Crippen LogP contribution in [0.1, 0.15) is 44.9 Å². The molecule has 0 saturated carbocycles. The normalized spacial score (nSPS) is 14.2. The average Bonchev–Trinajstić information content (AvgIpc) is 3.23. The molecular weight excluding hydrogens is 460 g/mol. The summed E-state index contributed by atoms with van der Waals surface area (Å²) < 4.78 is 22.3. The third-order valence-electron chi connectivity index (χ3n) is 6.30. The summed E-state index contributed by atoms with van der Waals surface area (Å²) in [6.07, 6.45) is 0. The molecule has 0 bridgehead atoms. The number of aromatic nitrogens is 1. The van der Waals surface area contributed by atoms with Gasteiger partial charge in [0, 0.05) is 17.0 Å². The number of ether oxygens (including phenoxy) is 3. The SMILES string of the molecule is CCOC(=O)C1=C(C)NC(C)=C(C(=O)OCC)C1c1c(-c2c(OC)ccc3ccccc23)noc1C. The van der Waals surface area contributed by atoms with Crippen LogP contribution in [-0.4, -0.2) is 37.4 Å². The number of methoxy groups -OCH3 is 1. The molecule has 0 radical (unpaired) electrons. The van der Waals surface area contributed by atoms with E-state index in [1.807, 2.05) is 36.4 Å². The van der Waals surface area contributed by atoms with E-state index in [-0.39, 0.29) is 13.2 Å². The standard InChI is InChI=1S/C28H30N2O6/c1-7-34-27(31)21-15(3)29-16(4)22(28(32)35-8-2)25(21)23-17(5)36-30-26(23)24-19-12-10-9-11-18(19)13-14-20(24)33-6/h9-14,25,29H,7-8H2,1-6H3. The predicted molar refractivity (Wildman–Crippen MR) is 135 cm³/mol. The van der Waals surface area contributed by atoms with Crippen LogP contribution in [0.4, 0.5) is 0 Å². The molecule has 1 aliphatic rings. The maximum absolute atomic E-state index is 13.3. The van der Waals surface area contributed by atoms with Crippen LogP contribution in [-0.2, 0) is 19.1 Å². The van der Waals surface area contributed by atoms with E-state index in [4.69, 9.17) is 18.7 Å². The highest BCUT2D eigenvalue weighted by Gasteiger charge is 2.42. The number of rotatable bonds is 7. The van der Waals surface area contributed by atoms with Gasteiger partial charge in [-0.2, -0.15) is 0 Å². The van der Waals surface area contributed by atoms with Crippen molar-refractivity contribution in [3.05, 3.63) is 70.3 Å². The molecule has 1 aliphatic heterocycles. The molecular formula is C28H30N2O6. The smallest absolute Gasteiger partial charge is 0.336 e. The summed E-state index contributed by atoms with van der Waals surface area (Å²) in [6.45, 7) is 9.19. The Balaban J connectivity index is 2.06. The molecule has 2 aromatic carbocycles. The Bertz CT molecular complexity index is 1360. The van der Waals surface area contributed by atoms with E-state index in [1.165, 1.54) is 0 Å². The zero-order valence-electron chi connectivity index (χ0n) is 21.4. The average molecular weight is 491 g/mol. The van der Waals surface area contributed by atoms with E-state index in [1.54, 1.807) is 41.7 Å². The van der Waals surface area contributed by atoms with Gasteiger partial charge in [0.25, 0.3) is 0 Å². The molecule has 188 valence electrons. The molecule has 2 heterocycles. The van der Waals surface area contributed by atoms with Gasteiger partial charge >= 0.3 is 11.9 Å². The van der Waals surface area contributed by atoms with Gasteiger partial charge in [-0.05, 0) is 51.5 Å². The molecule has 0 amide bonds. The van der Waals surface area contributed by atoms with Gasteiger partial charge in [-0.1, -0.05) is 35.5 Å². The van der Waals surface area contributed by atoms with E-state index in [2.05, 4.69) is 10.5 Å². The molecule has 0 fully saturated rings. The van der Waals surface area contributed by atoms with Crippen LogP contribution in [0.3, 0.4) is 0 Å². The minimum Gasteiger partial charge on any atom is -0.496 e. The fraction of sp³-hybridized carbons (Fsp3) is 0.321. The molecule has 0 unspecified atom stereocenters. The molecule has 0 spiro atoms. The summed E-state index contributed by atoms with van der Waals surface area (Å²) in [5, 5.41) is 9.47. The minimum absolute atomic E-state index is 0.187. The monoisotopic (exact) mass is 490 g/mol. The Labute approximate surface area is 209 Å². The molecule has 3 aromatic rings. The van der Waals surface area contributed by atoms with Crippen molar-refractivity contribution >= 4 is 22.7 Å². The van der Waals surface area contributed by atoms with Gasteiger partial charge in [0.15, 0.2) is 0 Å². The summed E-state index contributed by atoms with van der Waals surface area (Å²) >= 11 is 0. The second-order valence-corrected chi connectivity index (χ2v) is 8.44. The van der Waals surface area contributed by atoms with Crippen molar-refractivity contribution in [3.63, 3.8) is 0 Å². The summed E-state index contributed by atoms with van der Waals surface area (Å²) in [4.78, 5) is 26.5. The van der Waals surface area contributed by atoms with Crippen LogP contribution in [0.15, 0.2) is 63.5 Å². The number of hydrogen-bond acceptors (Lipinski definition) is 8. The van der Waals surface area contributed by atoms with Crippen molar-refractivity contribution in [2.24, 2.45) is 0 Å². The predicted octanol–water partition coefficient (Wildman–Crippen LogP) is 5.17. The van der Waals surface area contributed by atoms with Crippen LogP contribution in [0.5, 0.6) is 5.75 Å². The van der Waals surface area contributed by atoms with Crippen LogP contribution in [0.2, 0.25) is 0 Å². The Morgan fingerprint density at radius 3 is 2.14 bits per heavy atom. The fourth-order valence-electron chi connectivity index (χ4n) is 4.81. The van der Waals surface area contributed by atoms with E-state index in [9.17, 15) is 9.59 Å². The lowest BCUT2D eigenvalue weighted by molar-refractivity contribution is -0.139. The number of nitrogens with one attached hydrogen (secondary N) is 1. The number of carbonyl (C=O) groups excluding carboxylic acids is 2. The van der Waals surface area contributed by atoms with Crippen molar-refractivity contribution in [1.29, 1.82) is 0 Å². The Morgan fingerprint density at radius 1 is 0.944 bits per heavy atom. The lowest BCUT2D eigenvalue weighted by Crippen LogP contribution is -2.33. The van der Waals surface area contributed by atoms with Crippen LogP contribution in [0.25, 0.3) is 22.0 Å². The first kappa shape index (κ1) is 25.0. The third kappa shape index (κ3) is 4.23. The van der Waals surface area contributed by atoms with Crippen molar-refractivity contribution in [2.75, 3.05) is 20.3 Å². The fourth-order valence-corrected chi connectivity index (χ4v) is 4.81. The maximum atomic E-state index is 13.3. The molecule has 0 saturated heterocycles. The zero-order valence-corrected chi connectivity index (χ0v) is 21.4. The van der Waals surface area contributed by atoms with Gasteiger partial charge < -0.3 is 24.1 Å². The molecule has 8 heteroatoms. The van der Waals surface area contributed by atoms with Crippen LogP contribution in [0, 0.1) is 6.92 Å². The first-order valence-corrected chi connectivity index (χ1v) is 11.9. The Morgan fingerprint density at radius 2 is 1.56 bits per heavy atom. The summed E-state index contributed by atoms with van der Waals surface area (Å²) in [5.41, 5.74) is 3.55. The second kappa shape index (κ2) is 10.3. The third-order valence-corrected chi connectivity index (χ3v) is 6.30. The maximum Gasteiger partial charge on any atom is 0.336 e. The molecule has 0 aliphatic carbocycles. The van der Waals surface area contributed by atoms with E-state index >= 15 is 0 Å². The quantitative estimate of drug-likeness (QED) is 0.453. The number of allylic oxidation sites excluding steroid dienone is 2. The van der Waals surface area contributed by atoms with Gasteiger partial charge in [0.1, 0.15) is 17.2 Å². The summed E-state index contributed by atoms with van der Waals surface area (Å²) in [7, 11) is 1.59. The lowest BCUT2D eigenvalue weighted by atomic mass is 9.78. The second-order valence-electron chi connectivity index (χ2n) is 8.44. The van der Waals surface area contributed by atoms with Gasteiger partial charge in [-0.15, -0.1) is 0 Å². The molecule has 0 atom stereocenters. The van der Waals surface area contributed by atoms with Crippen LogP contribution >= 0.6 is 0 Å². The highest BCUT2D eigenvalue weighted by Crippen LogP contribution is 2.47. The van der Waals surface area contributed by atoms with E-state index in [0.717, 1.165) is 10.8 Å². The van der Waals surface area contributed by atoms with Crippen LogP contribution < -0.4 is 10.1 Å². The van der Waals surface area contributed by atoms with E-state index in [0.29, 0.717) is 50.9 Å².